The van der Waals surface area contributed by atoms with Crippen LogP contribution in [0, 0.1) is 5.92 Å². The molecule has 1 aromatic rings. The Morgan fingerprint density at radius 3 is 2.42 bits per heavy atom. The summed E-state index contributed by atoms with van der Waals surface area (Å²) in [5, 5.41) is 9.90. The van der Waals surface area contributed by atoms with Gasteiger partial charge in [0.25, 0.3) is 0 Å². The van der Waals surface area contributed by atoms with Crippen LogP contribution in [-0.2, 0) is 9.53 Å². The summed E-state index contributed by atoms with van der Waals surface area (Å²) < 4.78 is 5.39. The van der Waals surface area contributed by atoms with E-state index >= 15 is 0 Å². The summed E-state index contributed by atoms with van der Waals surface area (Å²) >= 11 is 0. The molecule has 144 valence electrons. The van der Waals surface area contributed by atoms with Crippen molar-refractivity contribution in [3.8, 4) is 0 Å². The molecule has 0 aliphatic carbocycles. The van der Waals surface area contributed by atoms with E-state index in [-0.39, 0.29) is 18.0 Å². The molecule has 26 heavy (non-hydrogen) atoms. The fourth-order valence-corrected chi connectivity index (χ4v) is 3.77. The van der Waals surface area contributed by atoms with Gasteiger partial charge in [0.05, 0.1) is 25.3 Å². The van der Waals surface area contributed by atoms with E-state index in [9.17, 15) is 4.79 Å². The first-order valence-electron chi connectivity index (χ1n) is 9.52. The zero-order chi connectivity index (χ0) is 18.5. The minimum absolute atomic E-state index is 0.0575. The highest BCUT2D eigenvalue weighted by Gasteiger charge is 2.32. The molecule has 1 amide bonds. The summed E-state index contributed by atoms with van der Waals surface area (Å²) in [7, 11) is 0. The van der Waals surface area contributed by atoms with E-state index in [4.69, 9.17) is 10.5 Å². The topological polar surface area (TPSA) is 91.6 Å². The Morgan fingerprint density at radius 2 is 1.85 bits per heavy atom. The molecular formula is C19H31N5O2. The Hall–Kier alpha value is -1.67. The summed E-state index contributed by atoms with van der Waals surface area (Å²) in [5.41, 5.74) is 7.86. The van der Waals surface area contributed by atoms with Gasteiger partial charge in [-0.1, -0.05) is 0 Å². The number of ether oxygens (including phenoxy) is 1. The number of nitrogens with two attached hydrogens (primary N) is 1. The normalized spacial score (nSPS) is 27.8. The van der Waals surface area contributed by atoms with Crippen molar-refractivity contribution in [3.05, 3.63) is 24.3 Å². The summed E-state index contributed by atoms with van der Waals surface area (Å²) in [4.78, 5) is 15.0. The second-order valence-electron chi connectivity index (χ2n) is 7.33. The molecule has 7 nitrogen and oxygen atoms in total. The predicted molar refractivity (Wildman–Crippen MR) is 104 cm³/mol. The number of rotatable bonds is 5. The van der Waals surface area contributed by atoms with Gasteiger partial charge in [0.15, 0.2) is 0 Å². The molecule has 0 radical (unpaired) electrons. The standard InChI is InChI=1S/C19H31N5O2/c1-13-11-14(2)22-18(21-13)17(12-20)19(25)23-15-3-5-16(6-4-15)24-7-9-26-10-8-24/h3-6,13-14,17-18,21-22H,7-12,20H2,1-2H3,(H,23,25). The average Bonchev–Trinajstić information content (AvgIpc) is 2.63. The number of nitrogens with one attached hydrogen (secondary N) is 3. The average molecular weight is 361 g/mol. The molecule has 0 saturated carbocycles. The minimum Gasteiger partial charge on any atom is -0.378 e. The third kappa shape index (κ3) is 4.73. The lowest BCUT2D eigenvalue weighted by Gasteiger charge is -2.38. The molecule has 3 rings (SSSR count). The molecule has 3 unspecified atom stereocenters. The molecule has 7 heteroatoms. The quantitative estimate of drug-likeness (QED) is 0.618. The summed E-state index contributed by atoms with van der Waals surface area (Å²) in [6, 6.07) is 8.71. The summed E-state index contributed by atoms with van der Waals surface area (Å²) in [6.07, 6.45) is 0.935. The molecule has 2 aliphatic rings. The van der Waals surface area contributed by atoms with Gasteiger partial charge in [0, 0.05) is 43.1 Å². The number of amides is 1. The van der Waals surface area contributed by atoms with Crippen LogP contribution < -0.4 is 26.6 Å². The van der Waals surface area contributed by atoms with E-state index in [0.29, 0.717) is 18.6 Å². The van der Waals surface area contributed by atoms with Crippen molar-refractivity contribution in [2.45, 2.75) is 38.5 Å². The highest BCUT2D eigenvalue weighted by Crippen LogP contribution is 2.20. The maximum Gasteiger partial charge on any atom is 0.231 e. The summed E-state index contributed by atoms with van der Waals surface area (Å²) in [6.45, 7) is 7.89. The Bertz CT molecular complexity index is 578. The first-order valence-corrected chi connectivity index (χ1v) is 9.52. The van der Waals surface area contributed by atoms with Gasteiger partial charge in [0.2, 0.25) is 5.91 Å². The lowest BCUT2D eigenvalue weighted by Crippen LogP contribution is -2.62. The third-order valence-corrected chi connectivity index (χ3v) is 5.14. The van der Waals surface area contributed by atoms with Crippen LogP contribution in [0.2, 0.25) is 0 Å². The molecule has 0 spiro atoms. The number of benzene rings is 1. The molecule has 0 aromatic heterocycles. The zero-order valence-electron chi connectivity index (χ0n) is 15.7. The second-order valence-corrected chi connectivity index (χ2v) is 7.33. The number of nitrogens with zero attached hydrogens (tertiary/aromatic N) is 1. The molecular weight excluding hydrogens is 330 g/mol. The van der Waals surface area contributed by atoms with E-state index in [2.05, 4.69) is 34.7 Å². The van der Waals surface area contributed by atoms with Crippen LogP contribution >= 0.6 is 0 Å². The Labute approximate surface area is 155 Å². The van der Waals surface area contributed by atoms with Crippen LogP contribution in [0.4, 0.5) is 11.4 Å². The molecule has 2 saturated heterocycles. The van der Waals surface area contributed by atoms with Gasteiger partial charge in [0.1, 0.15) is 0 Å². The second kappa shape index (κ2) is 8.81. The first-order chi connectivity index (χ1) is 12.6. The SMILES string of the molecule is CC1CC(C)NC(C(CN)C(=O)Nc2ccc(N3CCOCC3)cc2)N1. The zero-order valence-corrected chi connectivity index (χ0v) is 15.7. The molecule has 0 bridgehead atoms. The van der Waals surface area contributed by atoms with Gasteiger partial charge in [-0.05, 0) is 44.5 Å². The highest BCUT2D eigenvalue weighted by molar-refractivity contribution is 5.93. The van der Waals surface area contributed by atoms with E-state index < -0.39 is 0 Å². The van der Waals surface area contributed by atoms with Gasteiger partial charge in [-0.3, -0.25) is 15.4 Å². The van der Waals surface area contributed by atoms with E-state index in [0.717, 1.165) is 44.1 Å². The van der Waals surface area contributed by atoms with Crippen LogP contribution in [0.25, 0.3) is 0 Å². The van der Waals surface area contributed by atoms with Crippen molar-refractivity contribution in [3.63, 3.8) is 0 Å². The lowest BCUT2D eigenvalue weighted by atomic mass is 9.98. The van der Waals surface area contributed by atoms with Gasteiger partial charge in [-0.15, -0.1) is 0 Å². The van der Waals surface area contributed by atoms with Crippen LogP contribution in [-0.4, -0.2) is 57.0 Å². The molecule has 1 aromatic carbocycles. The van der Waals surface area contributed by atoms with Crippen molar-refractivity contribution in [1.29, 1.82) is 0 Å². The Balaban J connectivity index is 1.60. The van der Waals surface area contributed by atoms with Gasteiger partial charge in [-0.25, -0.2) is 0 Å². The summed E-state index contributed by atoms with van der Waals surface area (Å²) in [5.74, 6) is -0.378. The highest BCUT2D eigenvalue weighted by atomic mass is 16.5. The van der Waals surface area contributed by atoms with E-state index in [1.807, 2.05) is 24.3 Å². The largest absolute Gasteiger partial charge is 0.378 e. The predicted octanol–water partition coefficient (Wildman–Crippen LogP) is 0.723. The molecule has 2 aliphatic heterocycles. The Kier molecular flexibility index (Phi) is 6.48. The van der Waals surface area contributed by atoms with Crippen molar-refractivity contribution >= 4 is 17.3 Å². The van der Waals surface area contributed by atoms with Crippen molar-refractivity contribution < 1.29 is 9.53 Å². The number of hydrogen-bond acceptors (Lipinski definition) is 6. The molecule has 5 N–H and O–H groups in total. The van der Waals surface area contributed by atoms with Crippen LogP contribution in [0.3, 0.4) is 0 Å². The number of anilines is 2. The molecule has 2 fully saturated rings. The first kappa shape index (κ1) is 19.1. The maximum atomic E-state index is 12.7. The Morgan fingerprint density at radius 1 is 1.23 bits per heavy atom. The fraction of sp³-hybridized carbons (Fsp3) is 0.632. The van der Waals surface area contributed by atoms with Crippen molar-refractivity contribution in [1.82, 2.24) is 10.6 Å². The maximum absolute atomic E-state index is 12.7. The van der Waals surface area contributed by atoms with Crippen molar-refractivity contribution in [2.75, 3.05) is 43.1 Å². The van der Waals surface area contributed by atoms with Crippen molar-refractivity contribution in [2.24, 2.45) is 11.7 Å². The van der Waals surface area contributed by atoms with E-state index in [1.165, 1.54) is 0 Å². The minimum atomic E-state index is -0.320. The van der Waals surface area contributed by atoms with Gasteiger partial charge < -0.3 is 20.7 Å². The third-order valence-electron chi connectivity index (χ3n) is 5.14. The lowest BCUT2D eigenvalue weighted by molar-refractivity contribution is -0.121. The van der Waals surface area contributed by atoms with Crippen LogP contribution in [0.1, 0.15) is 20.3 Å². The van der Waals surface area contributed by atoms with Crippen LogP contribution in [0.15, 0.2) is 24.3 Å². The number of hydrogen-bond donors (Lipinski definition) is 4. The smallest absolute Gasteiger partial charge is 0.231 e. The van der Waals surface area contributed by atoms with Gasteiger partial charge >= 0.3 is 0 Å². The molecule has 2 heterocycles. The number of carbonyl (C=O) groups excluding carboxylic acids is 1. The fourth-order valence-electron chi connectivity index (χ4n) is 3.77. The number of carbonyl (C=O) groups is 1. The monoisotopic (exact) mass is 361 g/mol. The van der Waals surface area contributed by atoms with Gasteiger partial charge in [-0.2, -0.15) is 0 Å². The van der Waals surface area contributed by atoms with Crippen LogP contribution in [0.5, 0.6) is 0 Å². The molecule has 3 atom stereocenters. The number of morpholine rings is 1. The van der Waals surface area contributed by atoms with E-state index in [1.54, 1.807) is 0 Å².